The maximum absolute atomic E-state index is 13.0. The Balaban J connectivity index is 1.94. The predicted octanol–water partition coefficient (Wildman–Crippen LogP) is 2.58. The normalized spacial score (nSPS) is 11.8. The van der Waals surface area contributed by atoms with Crippen molar-refractivity contribution in [3.8, 4) is 5.75 Å². The molecule has 0 bridgehead atoms. The summed E-state index contributed by atoms with van der Waals surface area (Å²) in [4.78, 5) is 12.1. The third-order valence-corrected chi connectivity index (χ3v) is 4.00. The smallest absolute Gasteiger partial charge is 0.274 e. The number of methoxy groups -OCH3 is 1. The lowest BCUT2D eigenvalue weighted by Gasteiger charge is -2.11. The zero-order valence-electron chi connectivity index (χ0n) is 11.3. The van der Waals surface area contributed by atoms with E-state index >= 15 is 0 Å². The summed E-state index contributed by atoms with van der Waals surface area (Å²) in [7, 11) is 1.55. The lowest BCUT2D eigenvalue weighted by molar-refractivity contribution is -0.113. The minimum atomic E-state index is -1.58. The Bertz CT molecular complexity index is 619. The van der Waals surface area contributed by atoms with Gasteiger partial charge in [-0.2, -0.15) is 0 Å². The van der Waals surface area contributed by atoms with E-state index in [-0.39, 0.29) is 5.75 Å². The molecule has 0 spiro atoms. The fraction of sp³-hybridized carbons (Fsp3) is 0.133. The summed E-state index contributed by atoms with van der Waals surface area (Å²) >= 11 is -1.58. The molecule has 6 heteroatoms. The van der Waals surface area contributed by atoms with Gasteiger partial charge < -0.3 is 14.6 Å². The summed E-state index contributed by atoms with van der Waals surface area (Å²) in [5, 5.41) is 2.63. The van der Waals surface area contributed by atoms with Crippen LogP contribution in [0, 0.1) is 5.82 Å². The molecule has 0 saturated heterocycles. The molecule has 21 heavy (non-hydrogen) atoms. The van der Waals surface area contributed by atoms with E-state index in [0.717, 1.165) is 6.07 Å². The first-order chi connectivity index (χ1) is 10.1. The van der Waals surface area contributed by atoms with Crippen molar-refractivity contribution < 1.29 is 18.5 Å². The van der Waals surface area contributed by atoms with Crippen molar-refractivity contribution in [1.29, 1.82) is 0 Å². The van der Waals surface area contributed by atoms with Crippen LogP contribution in [-0.2, 0) is 16.0 Å². The number of anilines is 1. The van der Waals surface area contributed by atoms with Crippen molar-refractivity contribution in [2.45, 2.75) is 4.90 Å². The number of carbonyl (C=O) groups excluding carboxylic acids is 1. The highest BCUT2D eigenvalue weighted by molar-refractivity contribution is 7.92. The Morgan fingerprint density at radius 1 is 1.29 bits per heavy atom. The summed E-state index contributed by atoms with van der Waals surface area (Å²) in [6.07, 6.45) is 0. The molecule has 2 rings (SSSR count). The van der Waals surface area contributed by atoms with E-state index in [4.69, 9.17) is 4.74 Å². The number of carbonyl (C=O) groups is 1. The monoisotopic (exact) mass is 307 g/mol. The molecule has 1 atom stereocenters. The number of ether oxygens (including phenoxy) is 1. The lowest BCUT2D eigenvalue weighted by atomic mass is 10.3. The average molecular weight is 307 g/mol. The second kappa shape index (κ2) is 7.10. The van der Waals surface area contributed by atoms with Crippen LogP contribution in [0.5, 0.6) is 5.75 Å². The molecule has 0 aromatic heterocycles. The molecule has 0 saturated carbocycles. The number of hydrogen-bond donors (Lipinski definition) is 1. The quantitative estimate of drug-likeness (QED) is 0.864. The van der Waals surface area contributed by atoms with Gasteiger partial charge in [0.2, 0.25) is 0 Å². The largest absolute Gasteiger partial charge is 0.611 e. The Labute approximate surface area is 125 Å². The van der Waals surface area contributed by atoms with Crippen LogP contribution in [0.25, 0.3) is 0 Å². The zero-order chi connectivity index (χ0) is 15.2. The SMILES string of the molecule is COc1ccc(NC(=O)C[S@@+]([O-])c2cccc(F)c2)cc1. The highest BCUT2D eigenvalue weighted by Gasteiger charge is 2.17. The number of rotatable bonds is 5. The van der Waals surface area contributed by atoms with Crippen LogP contribution < -0.4 is 10.1 Å². The van der Waals surface area contributed by atoms with Crippen LogP contribution in [0.3, 0.4) is 0 Å². The topological polar surface area (TPSA) is 61.4 Å². The number of amides is 1. The summed E-state index contributed by atoms with van der Waals surface area (Å²) in [6, 6.07) is 12.2. The maximum Gasteiger partial charge on any atom is 0.274 e. The molecule has 0 radical (unpaired) electrons. The third kappa shape index (κ3) is 4.47. The van der Waals surface area contributed by atoms with Crippen LogP contribution in [0.2, 0.25) is 0 Å². The molecule has 1 amide bonds. The van der Waals surface area contributed by atoms with Crippen molar-refractivity contribution in [3.63, 3.8) is 0 Å². The maximum atomic E-state index is 13.0. The molecule has 0 fully saturated rings. The van der Waals surface area contributed by atoms with Crippen molar-refractivity contribution in [2.75, 3.05) is 18.2 Å². The van der Waals surface area contributed by atoms with Crippen LogP contribution >= 0.6 is 0 Å². The third-order valence-electron chi connectivity index (χ3n) is 2.69. The van der Waals surface area contributed by atoms with Gasteiger partial charge in [-0.15, -0.1) is 0 Å². The molecule has 2 aromatic rings. The van der Waals surface area contributed by atoms with E-state index in [0.29, 0.717) is 16.3 Å². The van der Waals surface area contributed by atoms with Gasteiger partial charge in [-0.3, -0.25) is 4.79 Å². The number of halogens is 1. The van der Waals surface area contributed by atoms with E-state index in [1.165, 1.54) is 18.2 Å². The first-order valence-corrected chi connectivity index (χ1v) is 7.48. The highest BCUT2D eigenvalue weighted by Crippen LogP contribution is 2.16. The van der Waals surface area contributed by atoms with Crippen LogP contribution in [0.1, 0.15) is 0 Å². The number of hydrogen-bond acceptors (Lipinski definition) is 3. The molecule has 4 nitrogen and oxygen atoms in total. The van der Waals surface area contributed by atoms with Crippen molar-refractivity contribution in [2.24, 2.45) is 0 Å². The minimum Gasteiger partial charge on any atom is -0.611 e. The van der Waals surface area contributed by atoms with Crippen molar-refractivity contribution in [3.05, 3.63) is 54.3 Å². The van der Waals surface area contributed by atoms with Gasteiger partial charge in [0.1, 0.15) is 11.6 Å². The first kappa shape index (κ1) is 15.3. The van der Waals surface area contributed by atoms with E-state index in [9.17, 15) is 13.7 Å². The predicted molar refractivity (Wildman–Crippen MR) is 79.3 cm³/mol. The molecule has 0 aliphatic heterocycles. The minimum absolute atomic E-state index is 0.227. The summed E-state index contributed by atoms with van der Waals surface area (Å²) < 4.78 is 30.0. The standard InChI is InChI=1S/C15H14FNO3S/c1-20-13-7-5-12(6-8-13)17-15(18)10-21(19)14-4-2-3-11(16)9-14/h2-9H,10H2,1H3,(H,17,18)/t21-/m1/s1. The van der Waals surface area contributed by atoms with Gasteiger partial charge in [0.15, 0.2) is 10.6 Å². The van der Waals surface area contributed by atoms with E-state index in [1.54, 1.807) is 31.4 Å². The van der Waals surface area contributed by atoms with E-state index in [1.807, 2.05) is 0 Å². The average Bonchev–Trinajstić information content (AvgIpc) is 2.48. The molecular weight excluding hydrogens is 293 g/mol. The summed E-state index contributed by atoms with van der Waals surface area (Å²) in [5.41, 5.74) is 0.581. The molecule has 0 heterocycles. The molecule has 1 N–H and O–H groups in total. The Morgan fingerprint density at radius 2 is 2.00 bits per heavy atom. The van der Waals surface area contributed by atoms with Gasteiger partial charge in [-0.1, -0.05) is 6.07 Å². The fourth-order valence-electron chi connectivity index (χ4n) is 1.68. The van der Waals surface area contributed by atoms with Gasteiger partial charge >= 0.3 is 0 Å². The van der Waals surface area contributed by atoms with Crippen LogP contribution in [0.15, 0.2) is 53.4 Å². The summed E-state index contributed by atoms with van der Waals surface area (Å²) in [6.45, 7) is 0. The van der Waals surface area contributed by atoms with Crippen molar-refractivity contribution >= 4 is 22.8 Å². The van der Waals surface area contributed by atoms with Gasteiger partial charge in [0.05, 0.1) is 7.11 Å². The Morgan fingerprint density at radius 3 is 2.62 bits per heavy atom. The Kier molecular flexibility index (Phi) is 5.19. The molecule has 0 aliphatic carbocycles. The van der Waals surface area contributed by atoms with Gasteiger partial charge in [-0.05, 0) is 47.6 Å². The summed E-state index contributed by atoms with van der Waals surface area (Å²) in [5.74, 6) is -0.425. The number of benzene rings is 2. The first-order valence-electron chi connectivity index (χ1n) is 6.16. The molecular formula is C15H14FNO3S. The highest BCUT2D eigenvalue weighted by atomic mass is 32.2. The molecule has 2 aromatic carbocycles. The van der Waals surface area contributed by atoms with Gasteiger partial charge in [0, 0.05) is 11.8 Å². The Hall–Kier alpha value is -2.05. The lowest BCUT2D eigenvalue weighted by Crippen LogP contribution is -2.23. The second-order valence-electron chi connectivity index (χ2n) is 4.22. The fourth-order valence-corrected chi connectivity index (χ4v) is 2.63. The van der Waals surface area contributed by atoms with Crippen molar-refractivity contribution in [1.82, 2.24) is 0 Å². The van der Waals surface area contributed by atoms with Gasteiger partial charge in [-0.25, -0.2) is 4.39 Å². The molecule has 0 aliphatic rings. The van der Waals surface area contributed by atoms with Crippen LogP contribution in [0.4, 0.5) is 10.1 Å². The molecule has 0 unspecified atom stereocenters. The van der Waals surface area contributed by atoms with E-state index in [2.05, 4.69) is 5.32 Å². The van der Waals surface area contributed by atoms with E-state index < -0.39 is 22.9 Å². The number of nitrogens with one attached hydrogen (secondary N) is 1. The molecule has 110 valence electrons. The second-order valence-corrected chi connectivity index (χ2v) is 5.68. The van der Waals surface area contributed by atoms with Crippen LogP contribution in [-0.4, -0.2) is 23.3 Å². The van der Waals surface area contributed by atoms with Gasteiger partial charge in [0.25, 0.3) is 5.91 Å². The zero-order valence-corrected chi connectivity index (χ0v) is 12.2.